The summed E-state index contributed by atoms with van der Waals surface area (Å²) in [4.78, 5) is 41.2. The molecular formula is C19H27N4O3S+. The molecule has 0 aliphatic carbocycles. The van der Waals surface area contributed by atoms with E-state index in [4.69, 9.17) is 0 Å². The van der Waals surface area contributed by atoms with Crippen molar-refractivity contribution >= 4 is 40.2 Å². The van der Waals surface area contributed by atoms with Crippen LogP contribution in [0.1, 0.15) is 25.8 Å². The molecule has 1 aliphatic rings. The van der Waals surface area contributed by atoms with Gasteiger partial charge in [0.2, 0.25) is 5.91 Å². The number of hydrogen-bond donors (Lipinski definition) is 3. The molecule has 3 amide bonds. The van der Waals surface area contributed by atoms with E-state index in [1.165, 1.54) is 11.8 Å². The molecule has 8 heteroatoms. The van der Waals surface area contributed by atoms with Gasteiger partial charge >= 0.3 is 0 Å². The van der Waals surface area contributed by atoms with Gasteiger partial charge in [0.15, 0.2) is 6.54 Å². The summed E-state index contributed by atoms with van der Waals surface area (Å²) < 4.78 is 0. The van der Waals surface area contributed by atoms with Crippen LogP contribution in [0.25, 0.3) is 0 Å². The minimum Gasteiger partial charge on any atom is -0.349 e. The molecule has 0 radical (unpaired) electrons. The highest BCUT2D eigenvalue weighted by molar-refractivity contribution is 8.15. The Morgan fingerprint density at radius 1 is 1.26 bits per heavy atom. The normalized spacial score (nSPS) is 17.6. The molecule has 2 rings (SSSR count). The third-order valence-electron chi connectivity index (χ3n) is 3.94. The van der Waals surface area contributed by atoms with Crippen LogP contribution in [0.5, 0.6) is 0 Å². The molecule has 0 saturated carbocycles. The van der Waals surface area contributed by atoms with Crippen molar-refractivity contribution in [3.63, 3.8) is 0 Å². The fraction of sp³-hybridized carbons (Fsp3) is 0.474. The summed E-state index contributed by atoms with van der Waals surface area (Å²) in [7, 11) is 1.88. The van der Waals surface area contributed by atoms with Crippen molar-refractivity contribution < 1.29 is 19.3 Å². The Balaban J connectivity index is 1.82. The number of benzene rings is 1. The summed E-state index contributed by atoms with van der Waals surface area (Å²) in [5.41, 5.74) is 1.72. The Morgan fingerprint density at radius 2 is 1.96 bits per heavy atom. The molecule has 0 saturated heterocycles. The molecule has 0 fully saturated rings. The van der Waals surface area contributed by atoms with Gasteiger partial charge in [0.1, 0.15) is 16.8 Å². The average molecular weight is 392 g/mol. The molecule has 0 aromatic heterocycles. The number of carbonyl (C=O) groups is 3. The van der Waals surface area contributed by atoms with Crippen molar-refractivity contribution in [1.82, 2.24) is 5.32 Å². The molecule has 146 valence electrons. The lowest BCUT2D eigenvalue weighted by Gasteiger charge is -2.15. The zero-order valence-electron chi connectivity index (χ0n) is 16.2. The predicted octanol–water partition coefficient (Wildman–Crippen LogP) is 0.403. The summed E-state index contributed by atoms with van der Waals surface area (Å²) in [6.45, 7) is 6.54. The lowest BCUT2D eigenvalue weighted by Crippen LogP contribution is -3.11. The minimum atomic E-state index is -0.499. The first kappa shape index (κ1) is 21.1. The number of nitrogens with one attached hydrogen (secondary N) is 3. The molecule has 1 aromatic rings. The smallest absolute Gasteiger partial charge is 0.275 e. The second kappa shape index (κ2) is 9.66. The summed E-state index contributed by atoms with van der Waals surface area (Å²) >= 11 is 1.32. The fourth-order valence-electron chi connectivity index (χ4n) is 2.70. The molecule has 1 aromatic carbocycles. The van der Waals surface area contributed by atoms with Crippen LogP contribution in [0.2, 0.25) is 0 Å². The number of thioether (sulfide) groups is 1. The third-order valence-corrected chi connectivity index (χ3v) is 5.10. The zero-order chi connectivity index (χ0) is 20.0. The average Bonchev–Trinajstić information content (AvgIpc) is 2.87. The van der Waals surface area contributed by atoms with Gasteiger partial charge in [-0.25, -0.2) is 4.99 Å². The zero-order valence-corrected chi connectivity index (χ0v) is 17.0. The standard InChI is InChI=1S/C19H26N4O3S/c1-12(2)20-17(25)10-23(4)11-18-22-19(26)15(27-18)9-16(24)21-14-8-6-5-7-13(14)3/h5-8,12,15H,9-11H2,1-4H3,(H,20,25)(H,21,24)/p+1/t15-/m1/s1. The second-order valence-corrected chi connectivity index (χ2v) is 8.33. The Kier molecular flexibility index (Phi) is 7.55. The SMILES string of the molecule is Cc1ccccc1NC(=O)C[C@H]1SC(C[NH+](C)CC(=O)NC(C)C)=NC1=O. The van der Waals surface area contributed by atoms with Gasteiger partial charge in [0.25, 0.3) is 11.8 Å². The van der Waals surface area contributed by atoms with E-state index < -0.39 is 5.25 Å². The Labute approximate surface area is 164 Å². The van der Waals surface area contributed by atoms with E-state index in [9.17, 15) is 14.4 Å². The number of quaternary nitrogens is 1. The van der Waals surface area contributed by atoms with Crippen molar-refractivity contribution in [2.45, 2.75) is 38.5 Å². The van der Waals surface area contributed by atoms with Gasteiger partial charge in [-0.1, -0.05) is 30.0 Å². The van der Waals surface area contributed by atoms with Crippen molar-refractivity contribution in [3.05, 3.63) is 29.8 Å². The van der Waals surface area contributed by atoms with Crippen molar-refractivity contribution in [1.29, 1.82) is 0 Å². The summed E-state index contributed by atoms with van der Waals surface area (Å²) in [6.07, 6.45) is 0.0811. The maximum atomic E-state index is 12.3. The van der Waals surface area contributed by atoms with E-state index in [-0.39, 0.29) is 30.2 Å². The van der Waals surface area contributed by atoms with Gasteiger partial charge < -0.3 is 15.5 Å². The molecule has 0 bridgehead atoms. The monoisotopic (exact) mass is 391 g/mol. The topological polar surface area (TPSA) is 92.1 Å². The Bertz CT molecular complexity index is 748. The largest absolute Gasteiger partial charge is 0.349 e. The summed E-state index contributed by atoms with van der Waals surface area (Å²) in [5, 5.41) is 5.86. The van der Waals surface area contributed by atoms with E-state index in [1.807, 2.05) is 52.1 Å². The van der Waals surface area contributed by atoms with Crippen molar-refractivity contribution in [3.8, 4) is 0 Å². The molecule has 3 N–H and O–H groups in total. The van der Waals surface area contributed by atoms with Gasteiger partial charge in [0.05, 0.1) is 7.05 Å². The molecule has 27 heavy (non-hydrogen) atoms. The first-order chi connectivity index (χ1) is 12.7. The Hall–Kier alpha value is -2.19. The van der Waals surface area contributed by atoms with Crippen LogP contribution in [0.15, 0.2) is 29.3 Å². The number of anilines is 1. The molecule has 1 heterocycles. The first-order valence-corrected chi connectivity index (χ1v) is 9.86. The first-order valence-electron chi connectivity index (χ1n) is 8.98. The maximum absolute atomic E-state index is 12.3. The maximum Gasteiger partial charge on any atom is 0.275 e. The molecule has 1 unspecified atom stereocenters. The molecule has 2 atom stereocenters. The van der Waals surface area contributed by atoms with E-state index in [2.05, 4.69) is 15.6 Å². The highest BCUT2D eigenvalue weighted by Crippen LogP contribution is 2.25. The van der Waals surface area contributed by atoms with Crippen LogP contribution in [0.4, 0.5) is 5.69 Å². The molecule has 0 spiro atoms. The summed E-state index contributed by atoms with van der Waals surface area (Å²) in [6, 6.07) is 7.61. The van der Waals surface area contributed by atoms with Crippen LogP contribution >= 0.6 is 11.8 Å². The number of likely N-dealkylation sites (N-methyl/N-ethyl adjacent to an activating group) is 1. The number of aryl methyl sites for hydroxylation is 1. The highest BCUT2D eigenvalue weighted by Gasteiger charge is 2.32. The fourth-order valence-corrected chi connectivity index (χ4v) is 3.89. The second-order valence-electron chi connectivity index (χ2n) is 7.05. The molecular weight excluding hydrogens is 364 g/mol. The number of carbonyl (C=O) groups excluding carboxylic acids is 3. The van der Waals surface area contributed by atoms with Gasteiger partial charge in [0, 0.05) is 18.2 Å². The lowest BCUT2D eigenvalue weighted by molar-refractivity contribution is -0.861. The van der Waals surface area contributed by atoms with Crippen LogP contribution in [-0.2, 0) is 14.4 Å². The van der Waals surface area contributed by atoms with E-state index in [0.29, 0.717) is 18.1 Å². The van der Waals surface area contributed by atoms with Crippen molar-refractivity contribution in [2.24, 2.45) is 4.99 Å². The lowest BCUT2D eigenvalue weighted by atomic mass is 10.2. The van der Waals surface area contributed by atoms with E-state index in [1.54, 1.807) is 0 Å². The van der Waals surface area contributed by atoms with Crippen LogP contribution in [0.3, 0.4) is 0 Å². The Morgan fingerprint density at radius 3 is 2.63 bits per heavy atom. The highest BCUT2D eigenvalue weighted by atomic mass is 32.2. The summed E-state index contributed by atoms with van der Waals surface area (Å²) in [5.74, 6) is -0.524. The van der Waals surface area contributed by atoms with Gasteiger partial charge in [-0.05, 0) is 32.4 Å². The van der Waals surface area contributed by atoms with Crippen molar-refractivity contribution in [2.75, 3.05) is 25.5 Å². The number of hydrogen-bond acceptors (Lipinski definition) is 4. The predicted molar refractivity (Wildman–Crippen MR) is 108 cm³/mol. The molecule has 7 nitrogen and oxygen atoms in total. The minimum absolute atomic E-state index is 0.0356. The third kappa shape index (κ3) is 6.80. The number of amides is 3. The molecule has 1 aliphatic heterocycles. The number of para-hydroxylation sites is 1. The number of nitrogens with zero attached hydrogens (tertiary/aromatic N) is 1. The number of rotatable bonds is 8. The van der Waals surface area contributed by atoms with E-state index in [0.717, 1.165) is 16.2 Å². The van der Waals surface area contributed by atoms with Crippen LogP contribution < -0.4 is 15.5 Å². The quantitative estimate of drug-likeness (QED) is 0.598. The van der Waals surface area contributed by atoms with Crippen LogP contribution in [0, 0.1) is 6.92 Å². The van der Waals surface area contributed by atoms with Crippen LogP contribution in [-0.4, -0.2) is 54.2 Å². The van der Waals surface area contributed by atoms with Gasteiger partial charge in [-0.3, -0.25) is 14.4 Å². The van der Waals surface area contributed by atoms with E-state index >= 15 is 0 Å². The van der Waals surface area contributed by atoms with Gasteiger partial charge in [-0.15, -0.1) is 0 Å². The van der Waals surface area contributed by atoms with Gasteiger partial charge in [-0.2, -0.15) is 0 Å². The number of aliphatic imine (C=N–C) groups is 1.